The van der Waals surface area contributed by atoms with Crippen molar-refractivity contribution >= 4 is 11.8 Å². The second kappa shape index (κ2) is 4.48. The van der Waals surface area contributed by atoms with Gasteiger partial charge in [-0.15, -0.1) is 0 Å². The third kappa shape index (κ3) is 2.37. The first-order valence-corrected chi connectivity index (χ1v) is 3.86. The molecular formula is C9H8FNO3. The van der Waals surface area contributed by atoms with E-state index in [-0.39, 0.29) is 17.9 Å². The highest BCUT2D eigenvalue weighted by Crippen LogP contribution is 2.20. The van der Waals surface area contributed by atoms with Crippen LogP contribution < -0.4 is 0 Å². The smallest absolute Gasteiger partial charge is 0.276 e. The fourth-order valence-corrected chi connectivity index (χ4v) is 1.00. The number of benzene rings is 1. The summed E-state index contributed by atoms with van der Waals surface area (Å²) in [6, 6.07) is 3.16. The fraction of sp³-hybridized carbons (Fsp3) is 0.111. The van der Waals surface area contributed by atoms with E-state index in [0.29, 0.717) is 0 Å². The van der Waals surface area contributed by atoms with Crippen LogP contribution in [0.25, 0.3) is 6.08 Å². The molecule has 0 saturated heterocycles. The molecule has 1 rings (SSSR count). The lowest BCUT2D eigenvalue weighted by Crippen LogP contribution is -1.92. The molecule has 74 valence electrons. The lowest BCUT2D eigenvalue weighted by Gasteiger charge is -1.96. The van der Waals surface area contributed by atoms with Gasteiger partial charge < -0.3 is 5.11 Å². The van der Waals surface area contributed by atoms with Gasteiger partial charge in [-0.1, -0.05) is 6.08 Å². The molecule has 0 spiro atoms. The highest BCUT2D eigenvalue weighted by molar-refractivity contribution is 5.60. The first kappa shape index (κ1) is 10.3. The summed E-state index contributed by atoms with van der Waals surface area (Å²) in [5.41, 5.74) is -0.0415. The van der Waals surface area contributed by atoms with Crippen LogP contribution in [0.1, 0.15) is 5.56 Å². The minimum atomic E-state index is -0.601. The van der Waals surface area contributed by atoms with Crippen molar-refractivity contribution in [2.24, 2.45) is 0 Å². The van der Waals surface area contributed by atoms with Crippen LogP contribution in [0.3, 0.4) is 0 Å². The molecule has 4 nitrogen and oxygen atoms in total. The van der Waals surface area contributed by atoms with Crippen LogP contribution in [-0.4, -0.2) is 16.6 Å². The summed E-state index contributed by atoms with van der Waals surface area (Å²) in [5, 5.41) is 19.0. The minimum Gasteiger partial charge on any atom is -0.392 e. The van der Waals surface area contributed by atoms with Gasteiger partial charge >= 0.3 is 0 Å². The van der Waals surface area contributed by atoms with Gasteiger partial charge in [-0.2, -0.15) is 0 Å². The Morgan fingerprint density at radius 1 is 1.57 bits per heavy atom. The quantitative estimate of drug-likeness (QED) is 0.592. The molecule has 0 unspecified atom stereocenters. The van der Waals surface area contributed by atoms with E-state index in [1.54, 1.807) is 0 Å². The number of nitro groups is 1. The Bertz CT molecular complexity index is 376. The van der Waals surface area contributed by atoms with E-state index in [0.717, 1.165) is 18.2 Å². The van der Waals surface area contributed by atoms with E-state index in [2.05, 4.69) is 0 Å². The van der Waals surface area contributed by atoms with Crippen molar-refractivity contribution in [3.63, 3.8) is 0 Å². The maximum absolute atomic E-state index is 12.7. The van der Waals surface area contributed by atoms with Crippen molar-refractivity contribution in [3.05, 3.63) is 45.8 Å². The van der Waals surface area contributed by atoms with Crippen LogP contribution in [-0.2, 0) is 0 Å². The van der Waals surface area contributed by atoms with Crippen molar-refractivity contribution in [2.45, 2.75) is 0 Å². The Labute approximate surface area is 79.4 Å². The largest absolute Gasteiger partial charge is 0.392 e. The van der Waals surface area contributed by atoms with Gasteiger partial charge in [-0.05, 0) is 18.2 Å². The zero-order valence-electron chi connectivity index (χ0n) is 7.18. The van der Waals surface area contributed by atoms with Gasteiger partial charge in [0.2, 0.25) is 0 Å². The van der Waals surface area contributed by atoms with E-state index in [9.17, 15) is 14.5 Å². The highest BCUT2D eigenvalue weighted by atomic mass is 19.1. The summed E-state index contributed by atoms with van der Waals surface area (Å²) >= 11 is 0. The van der Waals surface area contributed by atoms with Crippen molar-refractivity contribution < 1.29 is 14.4 Å². The third-order valence-electron chi connectivity index (χ3n) is 1.59. The van der Waals surface area contributed by atoms with Gasteiger partial charge in [0.05, 0.1) is 17.1 Å². The topological polar surface area (TPSA) is 63.4 Å². The van der Waals surface area contributed by atoms with E-state index < -0.39 is 10.7 Å². The summed E-state index contributed by atoms with van der Waals surface area (Å²) in [6.45, 7) is -0.242. The molecule has 0 atom stereocenters. The van der Waals surface area contributed by atoms with Crippen molar-refractivity contribution in [3.8, 4) is 0 Å². The zero-order valence-corrected chi connectivity index (χ0v) is 7.18. The van der Waals surface area contributed by atoms with E-state index in [1.165, 1.54) is 12.2 Å². The summed E-state index contributed by atoms with van der Waals surface area (Å²) in [6.07, 6.45) is 2.61. The molecule has 0 bridgehead atoms. The van der Waals surface area contributed by atoms with Crippen LogP contribution in [0.4, 0.5) is 10.1 Å². The number of aliphatic hydroxyl groups excluding tert-OH is 1. The maximum atomic E-state index is 12.7. The van der Waals surface area contributed by atoms with E-state index >= 15 is 0 Å². The Morgan fingerprint density at radius 3 is 2.86 bits per heavy atom. The molecule has 5 heteroatoms. The number of rotatable bonds is 3. The molecule has 0 saturated carbocycles. The van der Waals surface area contributed by atoms with Crippen molar-refractivity contribution in [1.29, 1.82) is 0 Å². The van der Waals surface area contributed by atoms with Gasteiger partial charge in [0.15, 0.2) is 0 Å². The lowest BCUT2D eigenvalue weighted by molar-refractivity contribution is -0.385. The summed E-state index contributed by atoms with van der Waals surface area (Å²) in [5.74, 6) is -0.548. The summed E-state index contributed by atoms with van der Waals surface area (Å²) in [7, 11) is 0. The maximum Gasteiger partial charge on any atom is 0.276 e. The Balaban J connectivity index is 3.15. The average Bonchev–Trinajstić information content (AvgIpc) is 2.14. The first-order valence-electron chi connectivity index (χ1n) is 3.86. The Hall–Kier alpha value is -1.75. The first-order chi connectivity index (χ1) is 6.65. The molecular weight excluding hydrogens is 189 g/mol. The fourth-order valence-electron chi connectivity index (χ4n) is 1.00. The zero-order chi connectivity index (χ0) is 10.6. The summed E-state index contributed by atoms with van der Waals surface area (Å²) < 4.78 is 12.7. The molecule has 0 heterocycles. The van der Waals surface area contributed by atoms with Crippen LogP contribution in [0.15, 0.2) is 24.3 Å². The predicted molar refractivity (Wildman–Crippen MR) is 49.2 cm³/mol. The number of nitrogens with zero attached hydrogens (tertiary/aromatic N) is 1. The van der Waals surface area contributed by atoms with Crippen LogP contribution in [0.2, 0.25) is 0 Å². The summed E-state index contributed by atoms with van der Waals surface area (Å²) in [4.78, 5) is 9.88. The van der Waals surface area contributed by atoms with E-state index in [4.69, 9.17) is 5.11 Å². The average molecular weight is 197 g/mol. The van der Waals surface area contributed by atoms with Gasteiger partial charge in [0, 0.05) is 6.07 Å². The Morgan fingerprint density at radius 2 is 2.29 bits per heavy atom. The molecule has 0 amide bonds. The highest BCUT2D eigenvalue weighted by Gasteiger charge is 2.11. The molecule has 0 aliphatic rings. The number of halogens is 1. The molecule has 1 aromatic carbocycles. The molecule has 1 aromatic rings. The number of hydrogen-bond acceptors (Lipinski definition) is 3. The standard InChI is InChI=1S/C9H8FNO3/c10-8-3-4-9(11(13)14)7(6-8)2-1-5-12/h1-4,6,12H,5H2/b2-1+. The second-order valence-electron chi connectivity index (χ2n) is 2.55. The molecule has 0 fully saturated rings. The van der Waals surface area contributed by atoms with Crippen molar-refractivity contribution in [1.82, 2.24) is 0 Å². The normalized spacial score (nSPS) is 10.7. The monoisotopic (exact) mass is 197 g/mol. The molecule has 14 heavy (non-hydrogen) atoms. The Kier molecular flexibility index (Phi) is 3.30. The van der Waals surface area contributed by atoms with Crippen LogP contribution >= 0.6 is 0 Å². The SMILES string of the molecule is O=[N+]([O-])c1ccc(F)cc1/C=C/CO. The molecule has 0 aliphatic heterocycles. The van der Waals surface area contributed by atoms with Crippen LogP contribution in [0.5, 0.6) is 0 Å². The molecule has 0 aliphatic carbocycles. The van der Waals surface area contributed by atoms with Gasteiger partial charge in [-0.25, -0.2) is 4.39 Å². The predicted octanol–water partition coefficient (Wildman–Crippen LogP) is 1.74. The number of nitro benzene ring substituents is 1. The third-order valence-corrected chi connectivity index (χ3v) is 1.59. The number of aliphatic hydroxyl groups is 1. The van der Waals surface area contributed by atoms with Gasteiger partial charge in [0.1, 0.15) is 5.82 Å². The second-order valence-corrected chi connectivity index (χ2v) is 2.55. The molecule has 1 N–H and O–H groups in total. The minimum absolute atomic E-state index is 0.143. The van der Waals surface area contributed by atoms with Crippen molar-refractivity contribution in [2.75, 3.05) is 6.61 Å². The van der Waals surface area contributed by atoms with Gasteiger partial charge in [-0.3, -0.25) is 10.1 Å². The lowest BCUT2D eigenvalue weighted by atomic mass is 10.1. The van der Waals surface area contributed by atoms with Gasteiger partial charge in [0.25, 0.3) is 5.69 Å². The van der Waals surface area contributed by atoms with Crippen LogP contribution in [0, 0.1) is 15.9 Å². The molecule has 0 aromatic heterocycles. The van der Waals surface area contributed by atoms with E-state index in [1.807, 2.05) is 0 Å². The molecule has 0 radical (unpaired) electrons. The number of hydrogen-bond donors (Lipinski definition) is 1.